The lowest BCUT2D eigenvalue weighted by atomic mass is 10.00. The first-order valence-corrected chi connectivity index (χ1v) is 9.28. The van der Waals surface area contributed by atoms with Gasteiger partial charge in [-0.2, -0.15) is 4.98 Å². The fraction of sp³-hybridized carbons (Fsp3) is 0.556. The summed E-state index contributed by atoms with van der Waals surface area (Å²) in [5, 5.41) is 4.33. The smallest absolute Gasteiger partial charge is 0.349 e. The fourth-order valence-corrected chi connectivity index (χ4v) is 4.64. The summed E-state index contributed by atoms with van der Waals surface area (Å²) < 4.78 is 16.4. The predicted octanol–water partition coefficient (Wildman–Crippen LogP) is 2.36. The molecule has 1 fully saturated rings. The van der Waals surface area contributed by atoms with Crippen LogP contribution in [0.2, 0.25) is 5.02 Å². The topological polar surface area (TPSA) is 53.4 Å². The van der Waals surface area contributed by atoms with Crippen molar-refractivity contribution < 1.29 is 4.39 Å². The molecule has 140 valence electrons. The van der Waals surface area contributed by atoms with E-state index in [4.69, 9.17) is 11.6 Å². The van der Waals surface area contributed by atoms with Crippen molar-refractivity contribution in [1.29, 1.82) is 0 Å². The molecule has 2 aliphatic heterocycles. The first-order chi connectivity index (χ1) is 12.3. The highest BCUT2D eigenvalue weighted by Crippen LogP contribution is 2.42. The van der Waals surface area contributed by atoms with Crippen molar-refractivity contribution >= 4 is 34.0 Å². The van der Waals surface area contributed by atoms with E-state index in [9.17, 15) is 4.79 Å². The number of hydrogen-bond donors (Lipinski definition) is 1. The monoisotopic (exact) mass is 379 g/mol. The highest BCUT2D eigenvalue weighted by atomic mass is 35.5. The van der Waals surface area contributed by atoms with E-state index in [1.54, 1.807) is 14.0 Å². The lowest BCUT2D eigenvalue weighted by Gasteiger charge is -2.46. The molecule has 0 aliphatic carbocycles. The number of anilines is 2. The Morgan fingerprint density at radius 3 is 2.77 bits per heavy atom. The third-order valence-electron chi connectivity index (χ3n) is 5.61. The molecule has 0 amide bonds. The molecule has 0 radical (unpaired) electrons. The number of nitrogens with zero attached hydrogens (tertiary/aromatic N) is 4. The number of rotatable bonds is 0. The zero-order valence-electron chi connectivity index (χ0n) is 15.4. The van der Waals surface area contributed by atoms with Gasteiger partial charge in [-0.1, -0.05) is 11.6 Å². The molecule has 2 atom stereocenters. The Morgan fingerprint density at radius 1 is 1.31 bits per heavy atom. The van der Waals surface area contributed by atoms with Gasteiger partial charge in [0.15, 0.2) is 5.82 Å². The van der Waals surface area contributed by atoms with Gasteiger partial charge in [-0.05, 0) is 27.3 Å². The van der Waals surface area contributed by atoms with Crippen LogP contribution in [0.5, 0.6) is 0 Å². The SMILES string of the molecule is Cc1c(Cl)c2c3c(nc(=O)n(C)c3c1F)N1C(C)CN(C)CC1CCN2. The molecule has 1 saturated heterocycles. The van der Waals surface area contributed by atoms with E-state index >= 15 is 4.39 Å². The maximum atomic E-state index is 15.1. The molecule has 26 heavy (non-hydrogen) atoms. The van der Waals surface area contributed by atoms with Crippen molar-refractivity contribution in [3.8, 4) is 0 Å². The van der Waals surface area contributed by atoms with E-state index in [0.29, 0.717) is 27.5 Å². The average Bonchev–Trinajstić information content (AvgIpc) is 2.56. The van der Waals surface area contributed by atoms with Crippen LogP contribution in [0.25, 0.3) is 10.9 Å². The fourth-order valence-electron chi connectivity index (χ4n) is 4.40. The van der Waals surface area contributed by atoms with E-state index in [0.717, 1.165) is 26.1 Å². The Morgan fingerprint density at radius 2 is 2.04 bits per heavy atom. The van der Waals surface area contributed by atoms with Crippen LogP contribution in [0.1, 0.15) is 18.9 Å². The molecule has 0 bridgehead atoms. The second-order valence-corrected chi connectivity index (χ2v) is 7.85. The van der Waals surface area contributed by atoms with E-state index in [2.05, 4.69) is 34.1 Å². The highest BCUT2D eigenvalue weighted by molar-refractivity contribution is 6.36. The molecule has 6 nitrogen and oxygen atoms in total. The van der Waals surface area contributed by atoms with Crippen LogP contribution in [0.4, 0.5) is 15.9 Å². The number of nitrogens with one attached hydrogen (secondary N) is 1. The van der Waals surface area contributed by atoms with Gasteiger partial charge in [0.25, 0.3) is 0 Å². The van der Waals surface area contributed by atoms with Crippen LogP contribution in [0.3, 0.4) is 0 Å². The number of halogens is 2. The molecule has 2 aromatic rings. The van der Waals surface area contributed by atoms with Gasteiger partial charge < -0.3 is 15.1 Å². The Kier molecular flexibility index (Phi) is 4.11. The molecule has 1 N–H and O–H groups in total. The third kappa shape index (κ3) is 2.41. The summed E-state index contributed by atoms with van der Waals surface area (Å²) in [6, 6.07) is 0.367. The van der Waals surface area contributed by atoms with Crippen molar-refractivity contribution in [3.63, 3.8) is 0 Å². The Hall–Kier alpha value is -1.86. The first kappa shape index (κ1) is 17.5. The third-order valence-corrected chi connectivity index (χ3v) is 6.08. The highest BCUT2D eigenvalue weighted by Gasteiger charge is 2.36. The minimum absolute atomic E-state index is 0.163. The minimum Gasteiger partial charge on any atom is -0.383 e. The summed E-state index contributed by atoms with van der Waals surface area (Å²) in [6.45, 7) is 6.22. The minimum atomic E-state index is -0.460. The van der Waals surface area contributed by atoms with Gasteiger partial charge in [0.2, 0.25) is 0 Å². The van der Waals surface area contributed by atoms with Crippen molar-refractivity contribution in [2.75, 3.05) is 36.9 Å². The van der Waals surface area contributed by atoms with Gasteiger partial charge in [-0.15, -0.1) is 0 Å². The maximum Gasteiger partial charge on any atom is 0.349 e. The van der Waals surface area contributed by atoms with E-state index in [1.807, 2.05) is 0 Å². The second-order valence-electron chi connectivity index (χ2n) is 7.48. The van der Waals surface area contributed by atoms with Gasteiger partial charge in [-0.3, -0.25) is 4.57 Å². The number of benzene rings is 1. The van der Waals surface area contributed by atoms with E-state index in [-0.39, 0.29) is 17.6 Å². The molecule has 4 rings (SSSR count). The van der Waals surface area contributed by atoms with Crippen LogP contribution in [0, 0.1) is 12.7 Å². The van der Waals surface area contributed by atoms with Gasteiger partial charge >= 0.3 is 5.69 Å². The zero-order chi connectivity index (χ0) is 18.7. The molecule has 3 heterocycles. The molecule has 2 unspecified atom stereocenters. The van der Waals surface area contributed by atoms with Crippen LogP contribution < -0.4 is 15.9 Å². The summed E-state index contributed by atoms with van der Waals surface area (Å²) in [7, 11) is 3.65. The molecule has 0 saturated carbocycles. The second kappa shape index (κ2) is 6.09. The summed E-state index contributed by atoms with van der Waals surface area (Å²) in [4.78, 5) is 21.4. The molecule has 1 aromatic carbocycles. The van der Waals surface area contributed by atoms with Crippen molar-refractivity contribution in [1.82, 2.24) is 14.5 Å². The van der Waals surface area contributed by atoms with E-state index < -0.39 is 11.5 Å². The van der Waals surface area contributed by atoms with Gasteiger partial charge in [-0.25, -0.2) is 9.18 Å². The zero-order valence-corrected chi connectivity index (χ0v) is 16.2. The maximum absolute atomic E-state index is 15.1. The standard InChI is InChI=1S/C18H23ClFN5O/c1-9-7-23(3)8-11-5-6-21-15-12-16(14(20)10(2)13(15)19)24(4)18(26)22-17(12)25(9)11/h9,11,21H,5-8H2,1-4H3. The Bertz CT molecular complexity index is 959. The van der Waals surface area contributed by atoms with Crippen molar-refractivity contribution in [3.05, 3.63) is 26.9 Å². The lowest BCUT2D eigenvalue weighted by Crippen LogP contribution is -2.58. The molecule has 1 aromatic heterocycles. The molecular weight excluding hydrogens is 357 g/mol. The van der Waals surface area contributed by atoms with Crippen LogP contribution >= 0.6 is 11.6 Å². The van der Waals surface area contributed by atoms with Gasteiger partial charge in [0.05, 0.1) is 21.6 Å². The Labute approximate surface area is 156 Å². The van der Waals surface area contributed by atoms with E-state index in [1.165, 1.54) is 4.57 Å². The largest absolute Gasteiger partial charge is 0.383 e. The van der Waals surface area contributed by atoms with Crippen molar-refractivity contribution in [2.45, 2.75) is 32.4 Å². The number of aromatic nitrogens is 2. The summed E-state index contributed by atoms with van der Waals surface area (Å²) in [6.07, 6.45) is 0.888. The molecule has 0 spiro atoms. The van der Waals surface area contributed by atoms with Crippen LogP contribution in [0.15, 0.2) is 4.79 Å². The normalized spacial score (nSPS) is 23.4. The average molecular weight is 380 g/mol. The number of likely N-dealkylation sites (N-methyl/N-ethyl adjacent to an activating group) is 1. The number of aryl methyl sites for hydroxylation is 1. The van der Waals surface area contributed by atoms with Crippen LogP contribution in [-0.2, 0) is 7.05 Å². The van der Waals surface area contributed by atoms with Crippen LogP contribution in [-0.4, -0.2) is 53.2 Å². The van der Waals surface area contributed by atoms with Crippen molar-refractivity contribution in [2.24, 2.45) is 7.05 Å². The molecular formula is C18H23ClFN5O. The first-order valence-electron chi connectivity index (χ1n) is 8.90. The van der Waals surface area contributed by atoms with Gasteiger partial charge in [0.1, 0.15) is 5.82 Å². The summed E-state index contributed by atoms with van der Waals surface area (Å²) >= 11 is 6.49. The summed E-state index contributed by atoms with van der Waals surface area (Å²) in [5.41, 5.74) is 0.821. The summed E-state index contributed by atoms with van der Waals surface area (Å²) in [5.74, 6) is 0.0782. The van der Waals surface area contributed by atoms with Gasteiger partial charge in [0, 0.05) is 44.3 Å². The lowest BCUT2D eigenvalue weighted by molar-refractivity contribution is 0.227. The Balaban J connectivity index is 2.12. The quantitative estimate of drug-likeness (QED) is 0.761. The molecule has 8 heteroatoms. The number of hydrogen-bond acceptors (Lipinski definition) is 5. The number of fused-ring (bicyclic) bond motifs is 2. The predicted molar refractivity (Wildman–Crippen MR) is 103 cm³/mol. The molecule has 2 aliphatic rings. The number of piperazine rings is 1.